The lowest BCUT2D eigenvalue weighted by molar-refractivity contribution is -0.0682. The van der Waals surface area contributed by atoms with Gasteiger partial charge in [-0.3, -0.25) is 4.57 Å². The van der Waals surface area contributed by atoms with Gasteiger partial charge in [0.15, 0.2) is 17.7 Å². The number of fused-ring (bicyclic) bond motifs is 1. The number of hydrogen-bond donors (Lipinski definition) is 3. The van der Waals surface area contributed by atoms with E-state index in [9.17, 15) is 10.2 Å². The summed E-state index contributed by atoms with van der Waals surface area (Å²) in [5, 5.41) is 20.4. The molecule has 0 aromatic carbocycles. The SMILES string of the molecule is Nc1nc(Cl)nc2c1ncn2[C@@H]1O[C@H](COC2CC2)[C@@H](O)[C@H]1O. The van der Waals surface area contributed by atoms with Crippen molar-refractivity contribution >= 4 is 28.6 Å². The van der Waals surface area contributed by atoms with Crippen molar-refractivity contribution in [2.75, 3.05) is 12.3 Å². The van der Waals surface area contributed by atoms with E-state index in [1.54, 1.807) is 0 Å². The van der Waals surface area contributed by atoms with E-state index in [0.717, 1.165) is 12.8 Å². The number of aliphatic hydroxyl groups is 2. The van der Waals surface area contributed by atoms with Gasteiger partial charge < -0.3 is 25.4 Å². The van der Waals surface area contributed by atoms with Crippen LogP contribution in [-0.2, 0) is 9.47 Å². The van der Waals surface area contributed by atoms with Crippen LogP contribution in [0.5, 0.6) is 0 Å². The average Bonchev–Trinajstić information content (AvgIpc) is 3.18. The summed E-state index contributed by atoms with van der Waals surface area (Å²) in [5.41, 5.74) is 6.46. The lowest BCUT2D eigenvalue weighted by Gasteiger charge is -2.16. The van der Waals surface area contributed by atoms with Crippen LogP contribution in [0.3, 0.4) is 0 Å². The summed E-state index contributed by atoms with van der Waals surface area (Å²) in [5.74, 6) is 0.139. The molecule has 1 saturated carbocycles. The Kier molecular flexibility index (Phi) is 3.62. The van der Waals surface area contributed by atoms with Crippen molar-refractivity contribution < 1.29 is 19.7 Å². The molecular formula is C13H16ClN5O4. The molecule has 0 bridgehead atoms. The fraction of sp³-hybridized carbons (Fsp3) is 0.615. The van der Waals surface area contributed by atoms with Gasteiger partial charge in [-0.2, -0.15) is 9.97 Å². The van der Waals surface area contributed by atoms with Crippen molar-refractivity contribution in [3.8, 4) is 0 Å². The van der Waals surface area contributed by atoms with E-state index in [4.69, 9.17) is 26.8 Å². The van der Waals surface area contributed by atoms with Gasteiger partial charge in [-0.25, -0.2) is 4.98 Å². The van der Waals surface area contributed by atoms with E-state index in [0.29, 0.717) is 11.2 Å². The highest BCUT2D eigenvalue weighted by Gasteiger charge is 2.45. The van der Waals surface area contributed by atoms with Crippen LogP contribution in [0.1, 0.15) is 19.1 Å². The van der Waals surface area contributed by atoms with Gasteiger partial charge in [0.05, 0.1) is 19.0 Å². The number of halogens is 1. The molecule has 10 heteroatoms. The zero-order valence-electron chi connectivity index (χ0n) is 12.0. The predicted molar refractivity (Wildman–Crippen MR) is 79.6 cm³/mol. The van der Waals surface area contributed by atoms with E-state index in [-0.39, 0.29) is 23.8 Å². The van der Waals surface area contributed by atoms with Crippen molar-refractivity contribution in [1.29, 1.82) is 0 Å². The summed E-state index contributed by atoms with van der Waals surface area (Å²) in [7, 11) is 0. The summed E-state index contributed by atoms with van der Waals surface area (Å²) in [4.78, 5) is 12.0. The van der Waals surface area contributed by atoms with Gasteiger partial charge in [0.25, 0.3) is 0 Å². The molecule has 23 heavy (non-hydrogen) atoms. The van der Waals surface area contributed by atoms with Crippen molar-refractivity contribution in [3.05, 3.63) is 11.6 Å². The summed E-state index contributed by atoms with van der Waals surface area (Å²) >= 11 is 5.83. The molecule has 4 atom stereocenters. The van der Waals surface area contributed by atoms with E-state index in [2.05, 4.69) is 15.0 Å². The molecule has 0 amide bonds. The summed E-state index contributed by atoms with van der Waals surface area (Å²) in [6.07, 6.45) is 0.0292. The van der Waals surface area contributed by atoms with Gasteiger partial charge >= 0.3 is 0 Å². The monoisotopic (exact) mass is 341 g/mol. The van der Waals surface area contributed by atoms with Crippen LogP contribution in [0.2, 0.25) is 5.28 Å². The molecule has 2 aromatic heterocycles. The maximum atomic E-state index is 10.3. The quantitative estimate of drug-likeness (QED) is 0.655. The first-order valence-electron chi connectivity index (χ1n) is 7.33. The molecule has 1 aliphatic heterocycles. The first-order valence-corrected chi connectivity index (χ1v) is 7.71. The Bertz CT molecular complexity index is 736. The third-order valence-electron chi connectivity index (χ3n) is 4.05. The van der Waals surface area contributed by atoms with E-state index in [1.807, 2.05) is 0 Å². The third kappa shape index (κ3) is 2.64. The highest BCUT2D eigenvalue weighted by Crippen LogP contribution is 2.33. The number of nitrogens with two attached hydrogens (primary N) is 1. The number of hydrogen-bond acceptors (Lipinski definition) is 8. The third-order valence-corrected chi connectivity index (χ3v) is 4.22. The van der Waals surface area contributed by atoms with Gasteiger partial charge in [0.2, 0.25) is 5.28 Å². The standard InChI is InChI=1S/C13H16ClN5O4/c14-13-17-10(15)7-11(18-13)19(4-16-7)12-9(21)8(20)6(23-12)3-22-5-1-2-5/h4-6,8-9,12,20-21H,1-3H2,(H2,15,17,18)/t6-,8-,9-,12-/m1/s1. The highest BCUT2D eigenvalue weighted by atomic mass is 35.5. The lowest BCUT2D eigenvalue weighted by atomic mass is 10.1. The number of nitrogens with zero attached hydrogens (tertiary/aromatic N) is 4. The first-order chi connectivity index (χ1) is 11.0. The smallest absolute Gasteiger partial charge is 0.226 e. The Morgan fingerprint density at radius 3 is 2.87 bits per heavy atom. The average molecular weight is 342 g/mol. The maximum Gasteiger partial charge on any atom is 0.226 e. The number of aromatic nitrogens is 4. The zero-order chi connectivity index (χ0) is 16.1. The molecule has 124 valence electrons. The molecule has 3 heterocycles. The molecule has 4 N–H and O–H groups in total. The number of rotatable bonds is 4. The van der Waals surface area contributed by atoms with Crippen molar-refractivity contribution in [2.45, 2.75) is 43.5 Å². The predicted octanol–water partition coefficient (Wildman–Crippen LogP) is -0.140. The second-order valence-corrected chi connectivity index (χ2v) is 6.12. The van der Waals surface area contributed by atoms with Crippen LogP contribution in [0.25, 0.3) is 11.2 Å². The van der Waals surface area contributed by atoms with E-state index >= 15 is 0 Å². The minimum absolute atomic E-state index is 0.0293. The Hall–Kier alpha value is -1.52. The van der Waals surface area contributed by atoms with Crippen molar-refractivity contribution in [2.24, 2.45) is 0 Å². The molecule has 4 rings (SSSR count). The van der Waals surface area contributed by atoms with Gasteiger partial charge in [0, 0.05) is 0 Å². The maximum absolute atomic E-state index is 10.3. The fourth-order valence-electron chi connectivity index (χ4n) is 2.66. The molecule has 9 nitrogen and oxygen atoms in total. The molecule has 2 aliphatic rings. The Balaban J connectivity index is 1.62. The zero-order valence-corrected chi connectivity index (χ0v) is 12.8. The highest BCUT2D eigenvalue weighted by molar-refractivity contribution is 6.28. The van der Waals surface area contributed by atoms with Crippen LogP contribution < -0.4 is 5.73 Å². The molecule has 1 saturated heterocycles. The number of aliphatic hydroxyl groups excluding tert-OH is 2. The van der Waals surface area contributed by atoms with Gasteiger partial charge in [0.1, 0.15) is 23.8 Å². The van der Waals surface area contributed by atoms with E-state index < -0.39 is 24.5 Å². The van der Waals surface area contributed by atoms with Gasteiger partial charge in [-0.15, -0.1) is 0 Å². The Morgan fingerprint density at radius 1 is 1.35 bits per heavy atom. The van der Waals surface area contributed by atoms with Crippen molar-refractivity contribution in [1.82, 2.24) is 19.5 Å². The van der Waals surface area contributed by atoms with Crippen molar-refractivity contribution in [3.63, 3.8) is 0 Å². The summed E-state index contributed by atoms with van der Waals surface area (Å²) < 4.78 is 12.8. The number of anilines is 1. The largest absolute Gasteiger partial charge is 0.387 e. The second-order valence-electron chi connectivity index (χ2n) is 5.78. The van der Waals surface area contributed by atoms with Crippen LogP contribution in [0.4, 0.5) is 5.82 Å². The lowest BCUT2D eigenvalue weighted by Crippen LogP contribution is -2.34. The van der Waals surface area contributed by atoms with Gasteiger partial charge in [-0.05, 0) is 24.4 Å². The fourth-order valence-corrected chi connectivity index (χ4v) is 2.83. The molecule has 2 aromatic rings. The minimum Gasteiger partial charge on any atom is -0.387 e. The van der Waals surface area contributed by atoms with Gasteiger partial charge in [-0.1, -0.05) is 0 Å². The number of ether oxygens (including phenoxy) is 2. The molecule has 1 aliphatic carbocycles. The molecule has 0 unspecified atom stereocenters. The summed E-state index contributed by atoms with van der Waals surface area (Å²) in [6.45, 7) is 0.226. The van der Waals surface area contributed by atoms with Crippen LogP contribution >= 0.6 is 11.6 Å². The molecule has 0 spiro atoms. The second kappa shape index (κ2) is 5.53. The molecule has 0 radical (unpaired) electrons. The Morgan fingerprint density at radius 2 is 2.13 bits per heavy atom. The number of imidazole rings is 1. The number of nitrogen functional groups attached to an aromatic ring is 1. The van der Waals surface area contributed by atoms with Crippen LogP contribution in [-0.4, -0.2) is 60.8 Å². The molecule has 2 fully saturated rings. The topological polar surface area (TPSA) is 129 Å². The van der Waals surface area contributed by atoms with Crippen LogP contribution in [0, 0.1) is 0 Å². The minimum atomic E-state index is -1.14. The normalized spacial score (nSPS) is 31.1. The van der Waals surface area contributed by atoms with Crippen LogP contribution in [0.15, 0.2) is 6.33 Å². The molecular weight excluding hydrogens is 326 g/mol. The summed E-state index contributed by atoms with van der Waals surface area (Å²) in [6, 6.07) is 0. The Labute approximate surface area is 136 Å². The first kappa shape index (κ1) is 15.0. The van der Waals surface area contributed by atoms with E-state index in [1.165, 1.54) is 10.9 Å².